The molecule has 100 valence electrons. The fourth-order valence-corrected chi connectivity index (χ4v) is 2.08. The standard InChI is InChI=1S/C13H8BrF4N/c14-6-1-3-9(15)8(5-6)13(19)7-2-4-10(16)12(18)11(7)17/h1-5,13H,19H2. The van der Waals surface area contributed by atoms with Crippen molar-refractivity contribution >= 4 is 15.9 Å². The Labute approximate surface area is 115 Å². The van der Waals surface area contributed by atoms with E-state index in [0.29, 0.717) is 4.47 Å². The molecule has 6 heteroatoms. The van der Waals surface area contributed by atoms with Crippen LogP contribution in [0.4, 0.5) is 17.6 Å². The summed E-state index contributed by atoms with van der Waals surface area (Å²) >= 11 is 3.13. The highest BCUT2D eigenvalue weighted by Crippen LogP contribution is 2.28. The Balaban J connectivity index is 2.53. The van der Waals surface area contributed by atoms with E-state index in [9.17, 15) is 17.6 Å². The van der Waals surface area contributed by atoms with Crippen LogP contribution in [0, 0.1) is 23.3 Å². The lowest BCUT2D eigenvalue weighted by atomic mass is 9.98. The van der Waals surface area contributed by atoms with Gasteiger partial charge in [-0.05, 0) is 24.3 Å². The highest BCUT2D eigenvalue weighted by atomic mass is 79.9. The maximum Gasteiger partial charge on any atom is 0.194 e. The summed E-state index contributed by atoms with van der Waals surface area (Å²) in [7, 11) is 0. The summed E-state index contributed by atoms with van der Waals surface area (Å²) in [6, 6.07) is 4.49. The van der Waals surface area contributed by atoms with Crippen LogP contribution in [0.3, 0.4) is 0 Å². The minimum atomic E-state index is -1.62. The van der Waals surface area contributed by atoms with E-state index < -0.39 is 29.3 Å². The molecule has 2 aromatic rings. The molecule has 2 aromatic carbocycles. The number of hydrogen-bond donors (Lipinski definition) is 1. The van der Waals surface area contributed by atoms with E-state index in [2.05, 4.69) is 15.9 Å². The minimum Gasteiger partial charge on any atom is -0.320 e. The third-order valence-electron chi connectivity index (χ3n) is 2.69. The van der Waals surface area contributed by atoms with E-state index in [4.69, 9.17) is 5.73 Å². The van der Waals surface area contributed by atoms with Crippen LogP contribution in [-0.2, 0) is 0 Å². The van der Waals surface area contributed by atoms with E-state index in [1.54, 1.807) is 0 Å². The van der Waals surface area contributed by atoms with Gasteiger partial charge in [0.2, 0.25) is 0 Å². The first kappa shape index (κ1) is 14.0. The van der Waals surface area contributed by atoms with Crippen LogP contribution in [0.25, 0.3) is 0 Å². The number of halogens is 5. The van der Waals surface area contributed by atoms with Crippen molar-refractivity contribution in [1.82, 2.24) is 0 Å². The Morgan fingerprint density at radius 2 is 1.47 bits per heavy atom. The molecule has 0 aliphatic rings. The third-order valence-corrected chi connectivity index (χ3v) is 3.19. The number of benzene rings is 2. The van der Waals surface area contributed by atoms with Gasteiger partial charge < -0.3 is 5.73 Å². The number of rotatable bonds is 2. The quantitative estimate of drug-likeness (QED) is 0.651. The summed E-state index contributed by atoms with van der Waals surface area (Å²) in [6.45, 7) is 0. The van der Waals surface area contributed by atoms with E-state index in [-0.39, 0.29) is 11.1 Å². The molecule has 1 atom stereocenters. The van der Waals surface area contributed by atoms with Crippen molar-refractivity contribution in [3.63, 3.8) is 0 Å². The average Bonchev–Trinajstić information content (AvgIpc) is 2.38. The van der Waals surface area contributed by atoms with E-state index >= 15 is 0 Å². The van der Waals surface area contributed by atoms with E-state index in [1.807, 2.05) is 0 Å². The van der Waals surface area contributed by atoms with Crippen LogP contribution in [0.1, 0.15) is 17.2 Å². The van der Waals surface area contributed by atoms with Gasteiger partial charge in [-0.1, -0.05) is 22.0 Å². The summed E-state index contributed by atoms with van der Waals surface area (Å²) in [5.74, 6) is -5.00. The van der Waals surface area contributed by atoms with Crippen LogP contribution in [-0.4, -0.2) is 0 Å². The van der Waals surface area contributed by atoms with Crippen molar-refractivity contribution in [2.75, 3.05) is 0 Å². The largest absolute Gasteiger partial charge is 0.320 e. The summed E-state index contributed by atoms with van der Waals surface area (Å²) in [6.07, 6.45) is 0. The third kappa shape index (κ3) is 2.64. The molecule has 0 radical (unpaired) electrons. The first-order valence-electron chi connectivity index (χ1n) is 5.25. The predicted molar refractivity (Wildman–Crippen MR) is 66.4 cm³/mol. The molecule has 1 nitrogen and oxygen atoms in total. The molecule has 0 aromatic heterocycles. The minimum absolute atomic E-state index is 0.0146. The van der Waals surface area contributed by atoms with Gasteiger partial charge in [-0.25, -0.2) is 17.6 Å². The van der Waals surface area contributed by atoms with Crippen LogP contribution in [0.2, 0.25) is 0 Å². The molecule has 0 spiro atoms. The van der Waals surface area contributed by atoms with Crippen LogP contribution in [0.5, 0.6) is 0 Å². The molecular formula is C13H8BrF4N. The van der Waals surface area contributed by atoms with Crippen LogP contribution < -0.4 is 5.73 Å². The van der Waals surface area contributed by atoms with Gasteiger partial charge in [0.1, 0.15) is 5.82 Å². The first-order valence-corrected chi connectivity index (χ1v) is 6.05. The zero-order valence-corrected chi connectivity index (χ0v) is 11.0. The fraction of sp³-hybridized carbons (Fsp3) is 0.0769. The zero-order valence-electron chi connectivity index (χ0n) is 9.43. The Kier molecular flexibility index (Phi) is 3.91. The van der Waals surface area contributed by atoms with Crippen molar-refractivity contribution in [3.8, 4) is 0 Å². The number of hydrogen-bond acceptors (Lipinski definition) is 1. The van der Waals surface area contributed by atoms with E-state index in [1.165, 1.54) is 12.1 Å². The normalized spacial score (nSPS) is 12.5. The maximum atomic E-state index is 13.6. The van der Waals surface area contributed by atoms with Crippen molar-refractivity contribution in [2.24, 2.45) is 5.73 Å². The topological polar surface area (TPSA) is 26.0 Å². The van der Waals surface area contributed by atoms with Gasteiger partial charge in [0, 0.05) is 15.6 Å². The summed E-state index contributed by atoms with van der Waals surface area (Å²) in [5, 5.41) is 0. The number of nitrogens with two attached hydrogens (primary N) is 1. The molecule has 0 fully saturated rings. The van der Waals surface area contributed by atoms with Gasteiger partial charge in [-0.2, -0.15) is 0 Å². The Morgan fingerprint density at radius 3 is 2.16 bits per heavy atom. The highest BCUT2D eigenvalue weighted by Gasteiger charge is 2.21. The van der Waals surface area contributed by atoms with Gasteiger partial charge in [0.05, 0.1) is 6.04 Å². The molecule has 0 saturated heterocycles. The van der Waals surface area contributed by atoms with Gasteiger partial charge in [-0.3, -0.25) is 0 Å². The van der Waals surface area contributed by atoms with Gasteiger partial charge in [-0.15, -0.1) is 0 Å². The second kappa shape index (κ2) is 5.30. The van der Waals surface area contributed by atoms with Gasteiger partial charge in [0.15, 0.2) is 17.5 Å². The molecule has 0 saturated carbocycles. The van der Waals surface area contributed by atoms with Crippen LogP contribution in [0.15, 0.2) is 34.8 Å². The molecule has 0 aliphatic carbocycles. The lowest BCUT2D eigenvalue weighted by Gasteiger charge is -2.15. The fourth-order valence-electron chi connectivity index (χ4n) is 1.70. The van der Waals surface area contributed by atoms with Gasteiger partial charge in [0.25, 0.3) is 0 Å². The molecular weight excluding hydrogens is 326 g/mol. The Hall–Kier alpha value is -1.40. The molecule has 0 bridgehead atoms. The maximum absolute atomic E-state index is 13.6. The highest BCUT2D eigenvalue weighted by molar-refractivity contribution is 9.10. The molecule has 2 N–H and O–H groups in total. The average molecular weight is 334 g/mol. The summed E-state index contributed by atoms with van der Waals surface area (Å²) < 4.78 is 53.7. The van der Waals surface area contributed by atoms with Crippen molar-refractivity contribution in [3.05, 3.63) is 69.2 Å². The van der Waals surface area contributed by atoms with Crippen molar-refractivity contribution in [2.45, 2.75) is 6.04 Å². The Bertz CT molecular complexity index is 630. The van der Waals surface area contributed by atoms with Gasteiger partial charge >= 0.3 is 0 Å². The predicted octanol–water partition coefficient (Wildman–Crippen LogP) is 4.05. The lowest BCUT2D eigenvalue weighted by Crippen LogP contribution is -2.16. The zero-order chi connectivity index (χ0) is 14.2. The molecule has 19 heavy (non-hydrogen) atoms. The van der Waals surface area contributed by atoms with Crippen molar-refractivity contribution in [1.29, 1.82) is 0 Å². The Morgan fingerprint density at radius 1 is 0.842 bits per heavy atom. The molecule has 0 amide bonds. The molecule has 2 rings (SSSR count). The second-order valence-electron chi connectivity index (χ2n) is 3.91. The second-order valence-corrected chi connectivity index (χ2v) is 4.82. The SMILES string of the molecule is NC(c1cc(Br)ccc1F)c1ccc(F)c(F)c1F. The summed E-state index contributed by atoms with van der Waals surface area (Å²) in [4.78, 5) is 0. The van der Waals surface area contributed by atoms with Crippen molar-refractivity contribution < 1.29 is 17.6 Å². The molecule has 0 aliphatic heterocycles. The smallest absolute Gasteiger partial charge is 0.194 e. The summed E-state index contributed by atoms with van der Waals surface area (Å²) in [5.41, 5.74) is 5.39. The molecule has 0 heterocycles. The van der Waals surface area contributed by atoms with E-state index in [0.717, 1.165) is 18.2 Å². The monoisotopic (exact) mass is 333 g/mol. The first-order chi connectivity index (χ1) is 8.91. The van der Waals surface area contributed by atoms with Crippen LogP contribution >= 0.6 is 15.9 Å². The lowest BCUT2D eigenvalue weighted by molar-refractivity contribution is 0.437. The molecule has 1 unspecified atom stereocenters.